The second-order valence-corrected chi connectivity index (χ2v) is 12.8. The zero-order valence-corrected chi connectivity index (χ0v) is 26.0. The molecule has 1 fully saturated rings. The normalized spacial score (nSPS) is 16.5. The Morgan fingerprint density at radius 2 is 1.91 bits per heavy atom. The molecular formula is C33H35N5O5S. The van der Waals surface area contributed by atoms with Crippen molar-refractivity contribution in [3.05, 3.63) is 71.2 Å². The van der Waals surface area contributed by atoms with Gasteiger partial charge in [-0.15, -0.1) is 11.3 Å². The fraction of sp³-hybridized carbons (Fsp3) is 0.333. The number of thiophene rings is 1. The molecule has 0 bridgehead atoms. The Balaban J connectivity index is 1.24. The molecule has 228 valence electrons. The first-order valence-electron chi connectivity index (χ1n) is 14.6. The molecule has 2 N–H and O–H groups in total. The summed E-state index contributed by atoms with van der Waals surface area (Å²) in [4.78, 5) is 49.4. The van der Waals surface area contributed by atoms with Crippen molar-refractivity contribution in [2.45, 2.75) is 39.7 Å². The molecule has 0 spiro atoms. The predicted molar refractivity (Wildman–Crippen MR) is 171 cm³/mol. The van der Waals surface area contributed by atoms with Crippen molar-refractivity contribution < 1.29 is 23.9 Å². The lowest BCUT2D eigenvalue weighted by molar-refractivity contribution is -0.144. The number of rotatable bonds is 8. The zero-order chi connectivity index (χ0) is 31.0. The molecule has 0 saturated carbocycles. The minimum Gasteiger partial charge on any atom is -0.457 e. The number of aromatic nitrogens is 1. The van der Waals surface area contributed by atoms with E-state index in [1.54, 1.807) is 29.2 Å². The summed E-state index contributed by atoms with van der Waals surface area (Å²) in [6.07, 6.45) is 3.19. The summed E-state index contributed by atoms with van der Waals surface area (Å²) in [6, 6.07) is 16.3. The summed E-state index contributed by atoms with van der Waals surface area (Å²) in [5, 5.41) is 6.80. The van der Waals surface area contributed by atoms with Gasteiger partial charge in [-0.2, -0.15) is 0 Å². The van der Waals surface area contributed by atoms with Crippen LogP contribution in [0.5, 0.6) is 11.5 Å². The van der Waals surface area contributed by atoms with Crippen LogP contribution in [0.4, 0.5) is 21.9 Å². The van der Waals surface area contributed by atoms with Crippen LogP contribution in [0, 0.1) is 12.3 Å². The topological polar surface area (TPSA) is 113 Å². The summed E-state index contributed by atoms with van der Waals surface area (Å²) in [7, 11) is 1.59. The number of methoxy groups -OCH3 is 1. The highest BCUT2D eigenvalue weighted by atomic mass is 32.1. The first kappa shape index (κ1) is 29.6. The predicted octanol–water partition coefficient (Wildman–Crippen LogP) is 6.47. The molecule has 0 aliphatic carbocycles. The van der Waals surface area contributed by atoms with Crippen molar-refractivity contribution in [3.8, 4) is 11.5 Å². The number of aryl methyl sites for hydroxylation is 1. The second-order valence-electron chi connectivity index (χ2n) is 11.8. The fourth-order valence-corrected chi connectivity index (χ4v) is 6.95. The highest BCUT2D eigenvalue weighted by Crippen LogP contribution is 2.46. The molecule has 0 radical (unpaired) electrons. The number of ether oxygens (including phenoxy) is 2. The highest BCUT2D eigenvalue weighted by molar-refractivity contribution is 7.21. The van der Waals surface area contributed by atoms with E-state index in [0.717, 1.165) is 24.2 Å². The van der Waals surface area contributed by atoms with Gasteiger partial charge in [-0.3, -0.25) is 14.5 Å². The van der Waals surface area contributed by atoms with Gasteiger partial charge in [-0.1, -0.05) is 18.2 Å². The van der Waals surface area contributed by atoms with Gasteiger partial charge >= 0.3 is 6.03 Å². The molecule has 2 aromatic carbocycles. The average molecular weight is 614 g/mol. The number of hydrogen-bond acceptors (Lipinski definition) is 7. The number of pyridine rings is 1. The van der Waals surface area contributed by atoms with Gasteiger partial charge in [0.2, 0.25) is 5.91 Å². The standard InChI is InChI=1S/C33H35N5O5S/c1-20-17-23(43-22-10-6-5-7-11-22)12-13-24(20)38-25-14-15-34-30-26(25)27(36-32(38)41)28(44-30)29(39)35-21-9-8-16-37(18-21)31(40)33(2,3)19-42-4/h5-7,10-15,17,21H,8-9,16,18-19H2,1-4H3,(H,35,39)(H,36,41). The van der Waals surface area contributed by atoms with E-state index in [1.807, 2.05) is 69.3 Å². The quantitative estimate of drug-likeness (QED) is 0.235. The molecular weight excluding hydrogens is 578 g/mol. The van der Waals surface area contributed by atoms with Gasteiger partial charge < -0.3 is 25.0 Å². The van der Waals surface area contributed by atoms with Crippen molar-refractivity contribution >= 4 is 56.5 Å². The highest BCUT2D eigenvalue weighted by Gasteiger charge is 2.37. The molecule has 2 aliphatic heterocycles. The van der Waals surface area contributed by atoms with E-state index >= 15 is 0 Å². The monoisotopic (exact) mass is 613 g/mol. The Labute approximate surface area is 260 Å². The Morgan fingerprint density at radius 3 is 2.66 bits per heavy atom. The molecule has 44 heavy (non-hydrogen) atoms. The van der Waals surface area contributed by atoms with Crippen LogP contribution in [0.2, 0.25) is 0 Å². The lowest BCUT2D eigenvalue weighted by Gasteiger charge is -2.37. The molecule has 4 amide bonds. The third-order valence-corrected chi connectivity index (χ3v) is 9.06. The van der Waals surface area contributed by atoms with Gasteiger partial charge in [0, 0.05) is 32.4 Å². The second kappa shape index (κ2) is 11.9. The average Bonchev–Trinajstić information content (AvgIpc) is 3.38. The summed E-state index contributed by atoms with van der Waals surface area (Å²) >= 11 is 1.24. The number of carbonyl (C=O) groups is 3. The van der Waals surface area contributed by atoms with Gasteiger partial charge in [-0.05, 0) is 75.6 Å². The lowest BCUT2D eigenvalue weighted by Crippen LogP contribution is -2.53. The van der Waals surface area contributed by atoms with Crippen molar-refractivity contribution in [1.82, 2.24) is 15.2 Å². The molecule has 1 saturated heterocycles. The summed E-state index contributed by atoms with van der Waals surface area (Å²) in [6.45, 7) is 7.05. The maximum atomic E-state index is 13.6. The first-order chi connectivity index (χ1) is 21.2. The fourth-order valence-electron chi connectivity index (χ4n) is 5.93. The SMILES string of the molecule is COCC(C)(C)C(=O)N1CCCC(NC(=O)c2sc3nccc4c3c2NC(=O)N4c2ccc(Oc3ccccc3)cc2C)C1. The minimum atomic E-state index is -0.651. The molecule has 2 aliphatic rings. The number of carbonyl (C=O) groups excluding carboxylic acids is 3. The van der Waals surface area contributed by atoms with Crippen LogP contribution < -0.4 is 20.3 Å². The lowest BCUT2D eigenvalue weighted by atomic mass is 9.91. The number of benzene rings is 2. The summed E-state index contributed by atoms with van der Waals surface area (Å²) in [5.74, 6) is 1.10. The van der Waals surface area contributed by atoms with E-state index in [4.69, 9.17) is 9.47 Å². The van der Waals surface area contributed by atoms with E-state index in [2.05, 4.69) is 15.6 Å². The number of urea groups is 1. The number of hydrogen-bond donors (Lipinski definition) is 2. The Hall–Kier alpha value is -4.48. The van der Waals surface area contributed by atoms with Gasteiger partial charge in [0.25, 0.3) is 5.91 Å². The number of para-hydroxylation sites is 1. The molecule has 2 aromatic heterocycles. The van der Waals surface area contributed by atoms with Crippen LogP contribution in [-0.2, 0) is 9.53 Å². The summed E-state index contributed by atoms with van der Waals surface area (Å²) < 4.78 is 11.2. The number of likely N-dealkylation sites (tertiary alicyclic amines) is 1. The molecule has 11 heteroatoms. The maximum Gasteiger partial charge on any atom is 0.331 e. The van der Waals surface area contributed by atoms with Crippen molar-refractivity contribution in [2.24, 2.45) is 5.41 Å². The number of amides is 4. The largest absolute Gasteiger partial charge is 0.457 e. The minimum absolute atomic E-state index is 0.00593. The van der Waals surface area contributed by atoms with Gasteiger partial charge in [0.1, 0.15) is 21.2 Å². The van der Waals surface area contributed by atoms with Crippen LogP contribution >= 0.6 is 11.3 Å². The molecule has 4 aromatic rings. The van der Waals surface area contributed by atoms with Crippen molar-refractivity contribution in [1.29, 1.82) is 0 Å². The summed E-state index contributed by atoms with van der Waals surface area (Å²) in [5.41, 5.74) is 2.00. The van der Waals surface area contributed by atoms with Gasteiger partial charge in [0.05, 0.1) is 34.5 Å². The van der Waals surface area contributed by atoms with Crippen molar-refractivity contribution in [2.75, 3.05) is 37.0 Å². The van der Waals surface area contributed by atoms with E-state index in [0.29, 0.717) is 57.6 Å². The third-order valence-electron chi connectivity index (χ3n) is 7.97. The first-order valence-corrected chi connectivity index (χ1v) is 15.4. The van der Waals surface area contributed by atoms with Crippen LogP contribution in [-0.4, -0.2) is 60.6 Å². The van der Waals surface area contributed by atoms with Crippen molar-refractivity contribution in [3.63, 3.8) is 0 Å². The smallest absolute Gasteiger partial charge is 0.331 e. The van der Waals surface area contributed by atoms with E-state index < -0.39 is 5.41 Å². The number of nitrogens with one attached hydrogen (secondary N) is 2. The van der Waals surface area contributed by atoms with Crippen LogP contribution in [0.25, 0.3) is 10.2 Å². The molecule has 4 heterocycles. The van der Waals surface area contributed by atoms with E-state index in [-0.39, 0.29) is 23.9 Å². The Bertz CT molecular complexity index is 1740. The van der Waals surface area contributed by atoms with Crippen LogP contribution in [0.15, 0.2) is 60.8 Å². The zero-order valence-electron chi connectivity index (χ0n) is 25.2. The number of piperidine rings is 1. The Kier molecular flexibility index (Phi) is 8.00. The van der Waals surface area contributed by atoms with Gasteiger partial charge in [0.15, 0.2) is 0 Å². The molecule has 10 nitrogen and oxygen atoms in total. The van der Waals surface area contributed by atoms with Crippen LogP contribution in [0.3, 0.4) is 0 Å². The third kappa shape index (κ3) is 5.60. The van der Waals surface area contributed by atoms with E-state index in [9.17, 15) is 14.4 Å². The molecule has 1 unspecified atom stereocenters. The number of anilines is 3. The van der Waals surface area contributed by atoms with Gasteiger partial charge in [-0.25, -0.2) is 9.78 Å². The number of nitrogens with zero attached hydrogens (tertiary/aromatic N) is 3. The van der Waals surface area contributed by atoms with Crippen LogP contribution in [0.1, 0.15) is 41.9 Å². The van der Waals surface area contributed by atoms with E-state index in [1.165, 1.54) is 11.3 Å². The maximum absolute atomic E-state index is 13.6. The molecule has 1 atom stereocenters. The Morgan fingerprint density at radius 1 is 1.11 bits per heavy atom. The molecule has 6 rings (SSSR count).